The zero-order valence-corrected chi connectivity index (χ0v) is 10.1. The molecule has 98 valence electrons. The van der Waals surface area contributed by atoms with E-state index in [0.29, 0.717) is 26.3 Å². The van der Waals surface area contributed by atoms with Crippen LogP contribution in [-0.4, -0.2) is 49.2 Å². The smallest absolute Gasteiger partial charge is 0.320 e. The summed E-state index contributed by atoms with van der Waals surface area (Å²) in [6, 6.07) is -0.189. The Morgan fingerprint density at radius 2 is 1.94 bits per heavy atom. The molecule has 18 heavy (non-hydrogen) atoms. The van der Waals surface area contributed by atoms with Crippen LogP contribution in [0.4, 0.5) is 10.5 Å². The summed E-state index contributed by atoms with van der Waals surface area (Å²) in [7, 11) is 1.58. The van der Waals surface area contributed by atoms with Gasteiger partial charge in [-0.3, -0.25) is 9.59 Å². The minimum atomic E-state index is -0.655. The second kappa shape index (κ2) is 4.77. The number of rotatable bonds is 2. The fourth-order valence-corrected chi connectivity index (χ4v) is 1.91. The van der Waals surface area contributed by atoms with Crippen molar-refractivity contribution in [3.05, 3.63) is 26.0 Å². The van der Waals surface area contributed by atoms with Crippen LogP contribution in [0, 0.1) is 0 Å². The van der Waals surface area contributed by atoms with Crippen LogP contribution >= 0.6 is 0 Å². The van der Waals surface area contributed by atoms with Crippen LogP contribution in [0.15, 0.2) is 9.59 Å². The van der Waals surface area contributed by atoms with Gasteiger partial charge in [-0.25, -0.2) is 4.79 Å². The Kier molecular flexibility index (Phi) is 3.33. The van der Waals surface area contributed by atoms with Crippen LogP contribution in [0.5, 0.6) is 0 Å². The van der Waals surface area contributed by atoms with Gasteiger partial charge in [0, 0.05) is 20.1 Å². The van der Waals surface area contributed by atoms with Crippen molar-refractivity contribution < 1.29 is 9.53 Å². The summed E-state index contributed by atoms with van der Waals surface area (Å²) in [5.74, 6) is 0. The minimum Gasteiger partial charge on any atom is -0.395 e. The number of urea groups is 1. The lowest BCUT2D eigenvalue weighted by atomic mass is 10.1. The topological polar surface area (TPSA) is 92.9 Å². The highest BCUT2D eigenvalue weighted by Crippen LogP contribution is 2.08. The summed E-state index contributed by atoms with van der Waals surface area (Å²) < 4.78 is 5.15. The molecule has 0 aromatic heterocycles. The van der Waals surface area contributed by atoms with Crippen LogP contribution in [-0.2, 0) is 11.3 Å². The monoisotopic (exact) mass is 253 g/mol. The molecule has 2 amide bonds. The molecule has 2 rings (SSSR count). The Morgan fingerprint density at radius 3 is 2.50 bits per heavy atom. The molecule has 0 saturated carbocycles. The van der Waals surface area contributed by atoms with Crippen molar-refractivity contribution in [2.45, 2.75) is 6.54 Å². The highest BCUT2D eigenvalue weighted by molar-refractivity contribution is 5.74. The highest BCUT2D eigenvalue weighted by Gasteiger charge is 2.24. The summed E-state index contributed by atoms with van der Waals surface area (Å²) in [5, 5.41) is 0. The fraction of sp³-hybridized carbons (Fsp3) is 0.545. The number of morpholine rings is 1. The first kappa shape index (κ1) is 12.6. The molecule has 7 nitrogen and oxygen atoms in total. The van der Waals surface area contributed by atoms with Crippen LogP contribution in [0.3, 0.4) is 0 Å². The van der Waals surface area contributed by atoms with Crippen LogP contribution in [0.1, 0.15) is 5.56 Å². The molecule has 1 heterocycles. The third kappa shape index (κ3) is 2.08. The van der Waals surface area contributed by atoms with Gasteiger partial charge >= 0.3 is 6.03 Å². The molecule has 0 bridgehead atoms. The van der Waals surface area contributed by atoms with Gasteiger partial charge in [-0.2, -0.15) is 0 Å². The van der Waals surface area contributed by atoms with Gasteiger partial charge in [0.05, 0.1) is 31.0 Å². The Morgan fingerprint density at radius 1 is 1.33 bits per heavy atom. The lowest BCUT2D eigenvalue weighted by Crippen LogP contribution is -2.48. The summed E-state index contributed by atoms with van der Waals surface area (Å²) in [4.78, 5) is 37.2. The third-order valence-corrected chi connectivity index (χ3v) is 3.05. The molecule has 0 spiro atoms. The SMILES string of the molecule is CN(Cc1c(N)c(=O)c1=O)C(=O)N1CCOCC1. The van der Waals surface area contributed by atoms with Gasteiger partial charge in [-0.1, -0.05) is 0 Å². The number of nitrogens with two attached hydrogens (primary N) is 1. The molecular formula is C11H15N3O4. The van der Waals surface area contributed by atoms with Gasteiger partial charge in [0.1, 0.15) is 0 Å². The van der Waals surface area contributed by atoms with Crippen molar-refractivity contribution in [3.8, 4) is 0 Å². The summed E-state index contributed by atoms with van der Waals surface area (Å²) in [5.41, 5.74) is 4.38. The van der Waals surface area contributed by atoms with E-state index in [9.17, 15) is 14.4 Å². The maximum absolute atomic E-state index is 12.0. The van der Waals surface area contributed by atoms with E-state index in [1.54, 1.807) is 11.9 Å². The van der Waals surface area contributed by atoms with E-state index in [2.05, 4.69) is 0 Å². The number of hydrogen-bond donors (Lipinski definition) is 1. The van der Waals surface area contributed by atoms with E-state index in [-0.39, 0.29) is 23.8 Å². The fourth-order valence-electron chi connectivity index (χ4n) is 1.91. The zero-order valence-electron chi connectivity index (χ0n) is 10.1. The van der Waals surface area contributed by atoms with Gasteiger partial charge in [0.25, 0.3) is 0 Å². The maximum atomic E-state index is 12.0. The Hall–Kier alpha value is -1.89. The van der Waals surface area contributed by atoms with Crippen molar-refractivity contribution in [2.24, 2.45) is 0 Å². The molecule has 1 aliphatic heterocycles. The first-order valence-electron chi connectivity index (χ1n) is 5.68. The van der Waals surface area contributed by atoms with Crippen LogP contribution < -0.4 is 16.6 Å². The quantitative estimate of drug-likeness (QED) is 0.665. The third-order valence-electron chi connectivity index (χ3n) is 3.05. The van der Waals surface area contributed by atoms with E-state index < -0.39 is 10.9 Å². The molecule has 1 aromatic carbocycles. The maximum Gasteiger partial charge on any atom is 0.320 e. The Balaban J connectivity index is 1.99. The van der Waals surface area contributed by atoms with Gasteiger partial charge < -0.3 is 20.3 Å². The number of nitrogen functional groups attached to an aromatic ring is 1. The van der Waals surface area contributed by atoms with Crippen molar-refractivity contribution in [3.63, 3.8) is 0 Å². The molecule has 1 fully saturated rings. The first-order valence-corrected chi connectivity index (χ1v) is 5.68. The summed E-state index contributed by atoms with van der Waals surface area (Å²) in [6.07, 6.45) is 0. The number of anilines is 1. The first-order chi connectivity index (χ1) is 8.52. The lowest BCUT2D eigenvalue weighted by Gasteiger charge is -2.31. The largest absolute Gasteiger partial charge is 0.395 e. The van der Waals surface area contributed by atoms with Gasteiger partial charge in [-0.15, -0.1) is 0 Å². The number of ether oxygens (including phenoxy) is 1. The predicted octanol–water partition coefficient (Wildman–Crippen LogP) is -1.25. The van der Waals surface area contributed by atoms with E-state index >= 15 is 0 Å². The summed E-state index contributed by atoms with van der Waals surface area (Å²) >= 11 is 0. The summed E-state index contributed by atoms with van der Waals surface area (Å²) in [6.45, 7) is 2.17. The van der Waals surface area contributed by atoms with Gasteiger partial charge in [0.2, 0.25) is 10.9 Å². The predicted molar refractivity (Wildman–Crippen MR) is 65.0 cm³/mol. The molecule has 1 aliphatic rings. The molecule has 1 saturated heterocycles. The number of amides is 2. The van der Waals surface area contributed by atoms with Crippen LogP contribution in [0.2, 0.25) is 0 Å². The average Bonchev–Trinajstić information content (AvgIpc) is 2.43. The highest BCUT2D eigenvalue weighted by atomic mass is 16.5. The molecule has 2 N–H and O–H groups in total. The van der Waals surface area contributed by atoms with Crippen molar-refractivity contribution in [2.75, 3.05) is 39.1 Å². The molecular weight excluding hydrogens is 238 g/mol. The normalized spacial score (nSPS) is 15.9. The van der Waals surface area contributed by atoms with E-state index in [0.717, 1.165) is 0 Å². The lowest BCUT2D eigenvalue weighted by molar-refractivity contribution is 0.0448. The molecule has 0 unspecified atom stereocenters. The average molecular weight is 253 g/mol. The van der Waals surface area contributed by atoms with Gasteiger partial charge in [-0.05, 0) is 0 Å². The molecule has 1 aromatic rings. The van der Waals surface area contributed by atoms with Crippen molar-refractivity contribution in [1.82, 2.24) is 9.80 Å². The minimum absolute atomic E-state index is 0.0263. The van der Waals surface area contributed by atoms with Gasteiger partial charge in [0.15, 0.2) is 0 Å². The zero-order chi connectivity index (χ0) is 13.3. The second-order valence-electron chi connectivity index (χ2n) is 4.29. The molecule has 0 radical (unpaired) electrons. The molecule has 0 atom stereocenters. The number of carbonyl (C=O) groups is 1. The number of nitrogens with zero attached hydrogens (tertiary/aromatic N) is 2. The Bertz CT molecular complexity index is 527. The second-order valence-corrected chi connectivity index (χ2v) is 4.29. The number of hydrogen-bond acceptors (Lipinski definition) is 5. The number of carbonyl (C=O) groups excluding carboxylic acids is 1. The molecule has 7 heteroatoms. The standard InChI is InChI=1S/C11H15N3O4/c1-13(6-7-8(12)10(16)9(7)15)11(17)14-2-4-18-5-3-14/h2-6,12H2,1H3. The van der Waals surface area contributed by atoms with Crippen molar-refractivity contribution in [1.29, 1.82) is 0 Å². The van der Waals surface area contributed by atoms with E-state index in [4.69, 9.17) is 10.5 Å². The van der Waals surface area contributed by atoms with Crippen molar-refractivity contribution >= 4 is 11.7 Å². The Labute approximate surface area is 103 Å². The van der Waals surface area contributed by atoms with E-state index in [1.165, 1.54) is 4.90 Å². The van der Waals surface area contributed by atoms with E-state index in [1.807, 2.05) is 0 Å². The van der Waals surface area contributed by atoms with Crippen LogP contribution in [0.25, 0.3) is 0 Å². The molecule has 0 aliphatic carbocycles.